The van der Waals surface area contributed by atoms with Crippen LogP contribution in [0.5, 0.6) is 5.75 Å². The van der Waals surface area contributed by atoms with Gasteiger partial charge in [0.25, 0.3) is 0 Å². The molecule has 1 rings (SSSR count). The van der Waals surface area contributed by atoms with Crippen molar-refractivity contribution in [3.05, 3.63) is 28.8 Å². The molecule has 118 valence electrons. The average molecular weight is 292 g/mol. The van der Waals surface area contributed by atoms with E-state index in [9.17, 15) is 4.79 Å². The second-order valence-corrected chi connectivity index (χ2v) is 5.98. The fourth-order valence-electron chi connectivity index (χ4n) is 2.52. The van der Waals surface area contributed by atoms with Gasteiger partial charge < -0.3 is 15.8 Å². The van der Waals surface area contributed by atoms with Gasteiger partial charge in [0.1, 0.15) is 5.75 Å². The van der Waals surface area contributed by atoms with Gasteiger partial charge in [0.05, 0.1) is 12.1 Å². The predicted molar refractivity (Wildman–Crippen MR) is 86.7 cm³/mol. The minimum Gasteiger partial charge on any atom is -0.493 e. The summed E-state index contributed by atoms with van der Waals surface area (Å²) < 4.78 is 5.89. The Kier molecular flexibility index (Phi) is 6.21. The maximum Gasteiger partial charge on any atom is 0.237 e. The Morgan fingerprint density at radius 2 is 1.81 bits per heavy atom. The van der Waals surface area contributed by atoms with Gasteiger partial charge in [0.15, 0.2) is 0 Å². The summed E-state index contributed by atoms with van der Waals surface area (Å²) in [6, 6.07) is 4.26. The normalized spacial score (nSPS) is 13.8. The number of amides is 1. The van der Waals surface area contributed by atoms with E-state index >= 15 is 0 Å². The molecule has 0 radical (unpaired) electrons. The number of unbranched alkanes of at least 4 members (excludes halogenated alkanes) is 1. The molecule has 21 heavy (non-hydrogen) atoms. The molecule has 3 N–H and O–H groups in total. The van der Waals surface area contributed by atoms with Crippen LogP contribution in [-0.4, -0.2) is 25.1 Å². The first-order valence-corrected chi connectivity index (χ1v) is 7.49. The van der Waals surface area contributed by atoms with E-state index in [-0.39, 0.29) is 5.91 Å². The third kappa shape index (κ3) is 4.74. The maximum absolute atomic E-state index is 11.4. The fraction of sp³-hybridized carbons (Fsp3) is 0.588. The lowest BCUT2D eigenvalue weighted by Crippen LogP contribution is -2.51. The molecular weight excluding hydrogens is 264 g/mol. The smallest absolute Gasteiger partial charge is 0.237 e. The first-order chi connectivity index (χ1) is 9.80. The fourth-order valence-corrected chi connectivity index (χ4v) is 2.52. The molecule has 0 saturated heterocycles. The molecule has 1 aromatic carbocycles. The number of nitrogens with one attached hydrogen (secondary N) is 1. The van der Waals surface area contributed by atoms with Gasteiger partial charge in [0.2, 0.25) is 5.91 Å². The highest BCUT2D eigenvalue weighted by Crippen LogP contribution is 2.25. The predicted octanol–water partition coefficient (Wildman–Crippen LogP) is 2.62. The van der Waals surface area contributed by atoms with E-state index in [0.717, 1.165) is 18.6 Å². The number of hydrogen-bond acceptors (Lipinski definition) is 3. The molecule has 1 aromatic rings. The van der Waals surface area contributed by atoms with E-state index < -0.39 is 5.54 Å². The molecule has 0 aliphatic heterocycles. The van der Waals surface area contributed by atoms with Crippen molar-refractivity contribution < 1.29 is 9.53 Å². The summed E-state index contributed by atoms with van der Waals surface area (Å²) in [5, 5.41) is 3.00. The Morgan fingerprint density at radius 3 is 2.29 bits per heavy atom. The van der Waals surface area contributed by atoms with Gasteiger partial charge in [-0.1, -0.05) is 17.7 Å². The first kappa shape index (κ1) is 17.5. The summed E-state index contributed by atoms with van der Waals surface area (Å²) in [7, 11) is 1.76. The lowest BCUT2D eigenvalue weighted by atomic mass is 9.94. The second-order valence-electron chi connectivity index (χ2n) is 5.98. The number of rotatable bonds is 8. The average Bonchev–Trinajstić information content (AvgIpc) is 2.40. The van der Waals surface area contributed by atoms with Crippen molar-refractivity contribution in [2.45, 2.75) is 52.5 Å². The van der Waals surface area contributed by atoms with Crippen molar-refractivity contribution in [3.8, 4) is 5.75 Å². The Hall–Kier alpha value is -1.55. The molecule has 0 saturated carbocycles. The van der Waals surface area contributed by atoms with Crippen LogP contribution in [0.15, 0.2) is 12.1 Å². The van der Waals surface area contributed by atoms with Gasteiger partial charge in [0, 0.05) is 0 Å². The molecule has 4 heteroatoms. The number of carbonyl (C=O) groups is 1. The van der Waals surface area contributed by atoms with E-state index in [1.165, 1.54) is 16.7 Å². The summed E-state index contributed by atoms with van der Waals surface area (Å²) in [6.07, 6.45) is 2.51. The van der Waals surface area contributed by atoms with Crippen molar-refractivity contribution >= 4 is 5.91 Å². The minimum atomic E-state index is -0.629. The molecule has 0 bridgehead atoms. The third-order valence-corrected chi connectivity index (χ3v) is 4.02. The Labute approximate surface area is 128 Å². The molecule has 0 spiro atoms. The van der Waals surface area contributed by atoms with Crippen LogP contribution in [0.2, 0.25) is 0 Å². The number of likely N-dealkylation sites (N-methyl/N-ethyl adjacent to an activating group) is 1. The van der Waals surface area contributed by atoms with Crippen LogP contribution in [0.3, 0.4) is 0 Å². The van der Waals surface area contributed by atoms with Crippen molar-refractivity contribution in [2.24, 2.45) is 5.73 Å². The number of ether oxygens (including phenoxy) is 1. The number of primary amides is 1. The van der Waals surface area contributed by atoms with Crippen LogP contribution in [0.25, 0.3) is 0 Å². The van der Waals surface area contributed by atoms with Gasteiger partial charge in [-0.15, -0.1) is 0 Å². The monoisotopic (exact) mass is 292 g/mol. The van der Waals surface area contributed by atoms with Crippen LogP contribution in [0, 0.1) is 20.8 Å². The van der Waals surface area contributed by atoms with Gasteiger partial charge in [-0.25, -0.2) is 0 Å². The number of benzene rings is 1. The SMILES string of the molecule is CNC(C)(CCCCOc1c(C)cc(C)cc1C)C(N)=O. The quantitative estimate of drug-likeness (QED) is 0.724. The van der Waals surface area contributed by atoms with E-state index in [0.29, 0.717) is 13.0 Å². The topological polar surface area (TPSA) is 64.3 Å². The molecular formula is C17H28N2O2. The third-order valence-electron chi connectivity index (χ3n) is 4.02. The summed E-state index contributed by atoms with van der Waals surface area (Å²) in [6.45, 7) is 8.72. The first-order valence-electron chi connectivity index (χ1n) is 7.49. The number of carbonyl (C=O) groups excluding carboxylic acids is 1. The van der Waals surface area contributed by atoms with Crippen LogP contribution in [0.1, 0.15) is 42.9 Å². The zero-order valence-corrected chi connectivity index (χ0v) is 13.9. The molecule has 0 heterocycles. The lowest BCUT2D eigenvalue weighted by molar-refractivity contribution is -0.123. The zero-order valence-electron chi connectivity index (χ0n) is 13.9. The van der Waals surface area contributed by atoms with Crippen molar-refractivity contribution in [1.82, 2.24) is 5.32 Å². The summed E-state index contributed by atoms with van der Waals surface area (Å²) in [5.74, 6) is 0.669. The number of nitrogens with two attached hydrogens (primary N) is 1. The van der Waals surface area contributed by atoms with E-state index in [2.05, 4.69) is 38.2 Å². The molecule has 0 aliphatic carbocycles. The van der Waals surface area contributed by atoms with Gasteiger partial charge in [-0.3, -0.25) is 4.79 Å². The Balaban J connectivity index is 2.44. The summed E-state index contributed by atoms with van der Waals surface area (Å²) in [5.41, 5.74) is 8.37. The highest BCUT2D eigenvalue weighted by Gasteiger charge is 2.27. The van der Waals surface area contributed by atoms with E-state index in [1.54, 1.807) is 7.05 Å². The molecule has 0 aliphatic rings. The van der Waals surface area contributed by atoms with E-state index in [1.807, 2.05) is 6.92 Å². The van der Waals surface area contributed by atoms with Gasteiger partial charge in [-0.2, -0.15) is 0 Å². The highest BCUT2D eigenvalue weighted by molar-refractivity contribution is 5.84. The Bertz CT molecular complexity index is 477. The molecule has 1 atom stereocenters. The summed E-state index contributed by atoms with van der Waals surface area (Å²) in [4.78, 5) is 11.4. The van der Waals surface area contributed by atoms with Crippen molar-refractivity contribution in [3.63, 3.8) is 0 Å². The minimum absolute atomic E-state index is 0.309. The van der Waals surface area contributed by atoms with Crippen LogP contribution >= 0.6 is 0 Å². The summed E-state index contributed by atoms with van der Waals surface area (Å²) >= 11 is 0. The lowest BCUT2D eigenvalue weighted by Gasteiger charge is -2.25. The van der Waals surface area contributed by atoms with Crippen LogP contribution < -0.4 is 15.8 Å². The van der Waals surface area contributed by atoms with E-state index in [4.69, 9.17) is 10.5 Å². The standard InChI is InChI=1S/C17H28N2O2/c1-12-10-13(2)15(14(3)11-12)21-9-7-6-8-17(4,19-5)16(18)20/h10-11,19H,6-9H2,1-5H3,(H2,18,20). The maximum atomic E-state index is 11.4. The molecule has 0 aromatic heterocycles. The molecule has 1 unspecified atom stereocenters. The van der Waals surface area contributed by atoms with Crippen LogP contribution in [-0.2, 0) is 4.79 Å². The van der Waals surface area contributed by atoms with Crippen molar-refractivity contribution in [1.29, 1.82) is 0 Å². The zero-order chi connectivity index (χ0) is 16.0. The van der Waals surface area contributed by atoms with Crippen LogP contribution in [0.4, 0.5) is 0 Å². The second kappa shape index (κ2) is 7.46. The van der Waals surface area contributed by atoms with Gasteiger partial charge >= 0.3 is 0 Å². The van der Waals surface area contributed by atoms with Crippen molar-refractivity contribution in [2.75, 3.05) is 13.7 Å². The molecule has 0 fully saturated rings. The van der Waals surface area contributed by atoms with Gasteiger partial charge in [-0.05, 0) is 65.1 Å². The Morgan fingerprint density at radius 1 is 1.24 bits per heavy atom. The molecule has 4 nitrogen and oxygen atoms in total. The largest absolute Gasteiger partial charge is 0.493 e. The highest BCUT2D eigenvalue weighted by atomic mass is 16.5. The number of hydrogen-bond donors (Lipinski definition) is 2. The molecule has 1 amide bonds. The number of aryl methyl sites for hydroxylation is 3.